The van der Waals surface area contributed by atoms with Gasteiger partial charge in [-0.15, -0.1) is 16.8 Å². The van der Waals surface area contributed by atoms with Gasteiger partial charge in [-0.25, -0.2) is 4.79 Å². The number of thioether (sulfide) groups is 1. The van der Waals surface area contributed by atoms with E-state index in [1.54, 1.807) is 6.08 Å². The third kappa shape index (κ3) is 5.04. The minimum Gasteiger partial charge on any atom is -0.336 e. The third-order valence-electron chi connectivity index (χ3n) is 2.22. The van der Waals surface area contributed by atoms with Gasteiger partial charge in [-0.3, -0.25) is 10.1 Å². The summed E-state index contributed by atoms with van der Waals surface area (Å²) < 4.78 is 1.85. The zero-order valence-corrected chi connectivity index (χ0v) is 12.7. The molecule has 1 aromatic heterocycles. The van der Waals surface area contributed by atoms with Crippen LogP contribution in [0.5, 0.6) is 0 Å². The van der Waals surface area contributed by atoms with E-state index in [0.717, 1.165) is 5.82 Å². The van der Waals surface area contributed by atoms with Crippen molar-refractivity contribution < 1.29 is 9.59 Å². The molecule has 1 rings (SSSR count). The van der Waals surface area contributed by atoms with E-state index < -0.39 is 6.03 Å². The van der Waals surface area contributed by atoms with Crippen LogP contribution in [-0.2, 0) is 11.3 Å². The molecule has 0 aliphatic rings. The van der Waals surface area contributed by atoms with Crippen molar-refractivity contribution in [3.8, 4) is 0 Å². The summed E-state index contributed by atoms with van der Waals surface area (Å²) in [5.41, 5.74) is 0. The average molecular weight is 297 g/mol. The average Bonchev–Trinajstić information content (AvgIpc) is 2.68. The van der Waals surface area contributed by atoms with Gasteiger partial charge >= 0.3 is 6.03 Å². The van der Waals surface area contributed by atoms with Gasteiger partial charge in [0, 0.05) is 12.6 Å². The molecule has 0 aliphatic carbocycles. The first-order chi connectivity index (χ1) is 9.43. The lowest BCUT2D eigenvalue weighted by atomic mass is 10.4. The standard InChI is InChI=1S/C12H19N5O2S/c1-5-6-17-9(4)15-16-12(17)20-7-10(18)14-11(19)13-8(2)3/h5,8H,1,6-7H2,2-4H3,(H2,13,14,18,19). The Hall–Kier alpha value is -1.83. The van der Waals surface area contributed by atoms with Gasteiger partial charge in [0.15, 0.2) is 5.16 Å². The van der Waals surface area contributed by atoms with E-state index >= 15 is 0 Å². The van der Waals surface area contributed by atoms with Gasteiger partial charge < -0.3 is 9.88 Å². The molecule has 0 radical (unpaired) electrons. The van der Waals surface area contributed by atoms with Crippen LogP contribution in [0.2, 0.25) is 0 Å². The number of carbonyl (C=O) groups is 2. The zero-order chi connectivity index (χ0) is 15.1. The van der Waals surface area contributed by atoms with Gasteiger partial charge in [0.1, 0.15) is 5.82 Å². The number of urea groups is 1. The summed E-state index contributed by atoms with van der Waals surface area (Å²) in [6.07, 6.45) is 1.73. The van der Waals surface area contributed by atoms with Gasteiger partial charge in [0.2, 0.25) is 5.91 Å². The highest BCUT2D eigenvalue weighted by atomic mass is 32.2. The first-order valence-electron chi connectivity index (χ1n) is 6.18. The van der Waals surface area contributed by atoms with Crippen LogP contribution in [-0.4, -0.2) is 38.5 Å². The molecule has 3 amide bonds. The molecule has 0 bridgehead atoms. The topological polar surface area (TPSA) is 88.9 Å². The number of nitrogens with zero attached hydrogens (tertiary/aromatic N) is 3. The summed E-state index contributed by atoms with van der Waals surface area (Å²) in [7, 11) is 0. The molecule has 7 nitrogen and oxygen atoms in total. The molecular formula is C12H19N5O2S. The van der Waals surface area contributed by atoms with E-state index in [4.69, 9.17) is 0 Å². The van der Waals surface area contributed by atoms with Gasteiger partial charge in [-0.2, -0.15) is 0 Å². The first-order valence-corrected chi connectivity index (χ1v) is 7.16. The SMILES string of the molecule is C=CCn1c(C)nnc1SCC(=O)NC(=O)NC(C)C. The number of imide groups is 1. The summed E-state index contributed by atoms with van der Waals surface area (Å²) in [6.45, 7) is 9.71. The van der Waals surface area contributed by atoms with E-state index in [0.29, 0.717) is 11.7 Å². The Bertz CT molecular complexity index is 498. The fourth-order valence-electron chi connectivity index (χ4n) is 1.40. The lowest BCUT2D eigenvalue weighted by Gasteiger charge is -2.09. The van der Waals surface area contributed by atoms with Gasteiger partial charge in [-0.05, 0) is 20.8 Å². The molecule has 8 heteroatoms. The van der Waals surface area contributed by atoms with E-state index in [9.17, 15) is 9.59 Å². The number of aromatic nitrogens is 3. The summed E-state index contributed by atoms with van der Waals surface area (Å²) in [4.78, 5) is 23.0. The lowest BCUT2D eigenvalue weighted by molar-refractivity contribution is -0.117. The normalized spacial score (nSPS) is 10.4. The van der Waals surface area contributed by atoms with Crippen molar-refractivity contribution in [2.24, 2.45) is 0 Å². The maximum atomic E-state index is 11.6. The summed E-state index contributed by atoms with van der Waals surface area (Å²) in [5.74, 6) is 0.477. The Labute approximate surface area is 122 Å². The number of aryl methyl sites for hydroxylation is 1. The first kappa shape index (κ1) is 16.2. The van der Waals surface area contributed by atoms with Gasteiger partial charge in [-0.1, -0.05) is 17.8 Å². The Morgan fingerprint density at radius 2 is 2.15 bits per heavy atom. The van der Waals surface area contributed by atoms with Gasteiger partial charge in [0.05, 0.1) is 5.75 Å². The fourth-order valence-corrected chi connectivity index (χ4v) is 2.19. The van der Waals surface area contributed by atoms with Crippen LogP contribution in [0.1, 0.15) is 19.7 Å². The Morgan fingerprint density at radius 1 is 1.45 bits per heavy atom. The van der Waals surface area contributed by atoms with Crippen LogP contribution in [0.4, 0.5) is 4.79 Å². The molecule has 0 fully saturated rings. The van der Waals surface area contributed by atoms with E-state index in [-0.39, 0.29) is 17.7 Å². The summed E-state index contributed by atoms with van der Waals surface area (Å²) >= 11 is 1.23. The fraction of sp³-hybridized carbons (Fsp3) is 0.500. The molecule has 0 aromatic carbocycles. The number of carbonyl (C=O) groups excluding carboxylic acids is 2. The number of allylic oxidation sites excluding steroid dienone is 1. The number of hydrogen-bond donors (Lipinski definition) is 2. The Balaban J connectivity index is 2.49. The minimum absolute atomic E-state index is 0.0196. The minimum atomic E-state index is -0.491. The van der Waals surface area contributed by atoms with E-state index in [1.807, 2.05) is 25.3 Å². The number of nitrogens with one attached hydrogen (secondary N) is 2. The Kier molecular flexibility index (Phi) is 6.23. The molecule has 0 spiro atoms. The maximum Gasteiger partial charge on any atom is 0.321 e. The molecule has 1 heterocycles. The number of hydrogen-bond acceptors (Lipinski definition) is 5. The second kappa shape index (κ2) is 7.68. The number of amides is 3. The molecule has 0 unspecified atom stereocenters. The van der Waals surface area contributed by atoms with Crippen LogP contribution in [0.25, 0.3) is 0 Å². The highest BCUT2D eigenvalue weighted by molar-refractivity contribution is 7.99. The van der Waals surface area contributed by atoms with Gasteiger partial charge in [0.25, 0.3) is 0 Å². The van der Waals surface area contributed by atoms with Crippen molar-refractivity contribution in [1.82, 2.24) is 25.4 Å². The van der Waals surface area contributed by atoms with Crippen molar-refractivity contribution in [3.63, 3.8) is 0 Å². The molecule has 2 N–H and O–H groups in total. The molecule has 0 atom stereocenters. The lowest BCUT2D eigenvalue weighted by Crippen LogP contribution is -2.43. The van der Waals surface area contributed by atoms with E-state index in [2.05, 4.69) is 27.4 Å². The van der Waals surface area contributed by atoms with Crippen LogP contribution < -0.4 is 10.6 Å². The maximum absolute atomic E-state index is 11.6. The van der Waals surface area contributed by atoms with Crippen LogP contribution >= 0.6 is 11.8 Å². The smallest absolute Gasteiger partial charge is 0.321 e. The van der Waals surface area contributed by atoms with Crippen molar-refractivity contribution >= 4 is 23.7 Å². The highest BCUT2D eigenvalue weighted by Crippen LogP contribution is 2.16. The quantitative estimate of drug-likeness (QED) is 0.606. The molecule has 110 valence electrons. The summed E-state index contributed by atoms with van der Waals surface area (Å²) in [6, 6.07) is -0.511. The number of rotatable bonds is 6. The predicted octanol–water partition coefficient (Wildman–Crippen LogP) is 1.10. The molecule has 1 aromatic rings. The zero-order valence-electron chi connectivity index (χ0n) is 11.8. The third-order valence-corrected chi connectivity index (χ3v) is 3.19. The van der Waals surface area contributed by atoms with E-state index in [1.165, 1.54) is 11.8 Å². The van der Waals surface area contributed by atoms with Crippen LogP contribution in [0.15, 0.2) is 17.8 Å². The monoisotopic (exact) mass is 297 g/mol. The van der Waals surface area contributed by atoms with Crippen molar-refractivity contribution in [1.29, 1.82) is 0 Å². The second-order valence-corrected chi connectivity index (χ2v) is 5.34. The van der Waals surface area contributed by atoms with Crippen LogP contribution in [0, 0.1) is 6.92 Å². The van der Waals surface area contributed by atoms with Crippen molar-refractivity contribution in [2.45, 2.75) is 38.5 Å². The second-order valence-electron chi connectivity index (χ2n) is 4.39. The van der Waals surface area contributed by atoms with Crippen LogP contribution in [0.3, 0.4) is 0 Å². The summed E-state index contributed by atoms with van der Waals surface area (Å²) in [5, 5.41) is 13.4. The molecular weight excluding hydrogens is 278 g/mol. The molecule has 0 saturated carbocycles. The van der Waals surface area contributed by atoms with Crippen molar-refractivity contribution in [2.75, 3.05) is 5.75 Å². The molecule has 0 aliphatic heterocycles. The molecule has 20 heavy (non-hydrogen) atoms. The molecule has 0 saturated heterocycles. The largest absolute Gasteiger partial charge is 0.336 e. The highest BCUT2D eigenvalue weighted by Gasteiger charge is 2.13. The van der Waals surface area contributed by atoms with Crippen molar-refractivity contribution in [3.05, 3.63) is 18.5 Å². The predicted molar refractivity (Wildman–Crippen MR) is 77.5 cm³/mol. The Morgan fingerprint density at radius 3 is 2.75 bits per heavy atom.